The Kier molecular flexibility index (Phi) is 3.79. The lowest BCUT2D eigenvalue weighted by Crippen LogP contribution is -2.16. The van der Waals surface area contributed by atoms with Crippen molar-refractivity contribution in [1.82, 2.24) is 5.32 Å². The molecule has 2 aromatic rings. The zero-order chi connectivity index (χ0) is 13.9. The second-order valence-electron chi connectivity index (χ2n) is 5.64. The van der Waals surface area contributed by atoms with E-state index < -0.39 is 0 Å². The first kappa shape index (κ1) is 13.3. The molecule has 1 aromatic carbocycles. The summed E-state index contributed by atoms with van der Waals surface area (Å²) in [5.41, 5.74) is 3.63. The smallest absolute Gasteiger partial charge is 0.146 e. The molecule has 1 aliphatic rings. The molecular weight excluding hydrogens is 250 g/mol. The number of benzene rings is 1. The number of furan rings is 1. The zero-order valence-electron chi connectivity index (χ0n) is 12.1. The molecule has 0 amide bonds. The van der Waals surface area contributed by atoms with Gasteiger partial charge in [-0.05, 0) is 56.0 Å². The van der Waals surface area contributed by atoms with Gasteiger partial charge in [-0.15, -0.1) is 0 Å². The maximum Gasteiger partial charge on any atom is 0.146 e. The lowest BCUT2D eigenvalue weighted by molar-refractivity contribution is 0.268. The Labute approximate surface area is 119 Å². The second-order valence-corrected chi connectivity index (χ2v) is 5.64. The molecule has 1 N–H and O–H groups in total. The van der Waals surface area contributed by atoms with Crippen molar-refractivity contribution in [2.75, 3.05) is 0 Å². The van der Waals surface area contributed by atoms with Crippen molar-refractivity contribution in [1.29, 1.82) is 0 Å². The van der Waals surface area contributed by atoms with Crippen molar-refractivity contribution < 1.29 is 9.15 Å². The molecule has 1 fully saturated rings. The third-order valence-corrected chi connectivity index (χ3v) is 3.56. The van der Waals surface area contributed by atoms with E-state index in [0.29, 0.717) is 12.6 Å². The molecule has 3 rings (SSSR count). The van der Waals surface area contributed by atoms with E-state index in [0.717, 1.165) is 18.1 Å². The van der Waals surface area contributed by atoms with Gasteiger partial charge in [-0.25, -0.2) is 0 Å². The predicted molar refractivity (Wildman–Crippen MR) is 78.8 cm³/mol. The van der Waals surface area contributed by atoms with Gasteiger partial charge in [0.15, 0.2) is 0 Å². The minimum absolute atomic E-state index is 0.484. The van der Waals surface area contributed by atoms with E-state index in [1.807, 2.05) is 6.07 Å². The summed E-state index contributed by atoms with van der Waals surface area (Å²) < 4.78 is 11.4. The Morgan fingerprint density at radius 2 is 1.95 bits per heavy atom. The van der Waals surface area contributed by atoms with Crippen LogP contribution in [0.4, 0.5) is 0 Å². The van der Waals surface area contributed by atoms with Crippen LogP contribution in [0.3, 0.4) is 0 Å². The van der Waals surface area contributed by atoms with Gasteiger partial charge in [0.1, 0.15) is 18.1 Å². The van der Waals surface area contributed by atoms with Gasteiger partial charge in [0, 0.05) is 18.2 Å². The topological polar surface area (TPSA) is 34.4 Å². The molecule has 1 heterocycles. The highest BCUT2D eigenvalue weighted by molar-refractivity contribution is 5.33. The van der Waals surface area contributed by atoms with Crippen molar-refractivity contribution in [2.45, 2.75) is 45.9 Å². The van der Waals surface area contributed by atoms with Crippen LogP contribution in [0.25, 0.3) is 0 Å². The fourth-order valence-corrected chi connectivity index (χ4v) is 2.36. The fourth-order valence-electron chi connectivity index (χ4n) is 2.36. The molecule has 3 nitrogen and oxygen atoms in total. The van der Waals surface area contributed by atoms with Crippen LogP contribution in [0.2, 0.25) is 0 Å². The molecule has 106 valence electrons. The van der Waals surface area contributed by atoms with Crippen molar-refractivity contribution in [3.05, 3.63) is 53.0 Å². The monoisotopic (exact) mass is 271 g/mol. The summed E-state index contributed by atoms with van der Waals surface area (Å²) >= 11 is 0. The highest BCUT2D eigenvalue weighted by Crippen LogP contribution is 2.22. The van der Waals surface area contributed by atoms with Gasteiger partial charge in [-0.3, -0.25) is 0 Å². The van der Waals surface area contributed by atoms with Gasteiger partial charge in [0.25, 0.3) is 0 Å². The van der Waals surface area contributed by atoms with E-state index in [2.05, 4.69) is 37.4 Å². The average Bonchev–Trinajstić information content (AvgIpc) is 3.12. The highest BCUT2D eigenvalue weighted by Gasteiger charge is 2.21. The quantitative estimate of drug-likeness (QED) is 0.869. The minimum Gasteiger partial charge on any atom is -0.486 e. The highest BCUT2D eigenvalue weighted by atomic mass is 16.5. The van der Waals surface area contributed by atoms with Crippen molar-refractivity contribution in [2.24, 2.45) is 0 Å². The number of aryl methyl sites for hydroxylation is 2. The Morgan fingerprint density at radius 1 is 1.20 bits per heavy atom. The number of rotatable bonds is 6. The van der Waals surface area contributed by atoms with Crippen molar-refractivity contribution in [3.8, 4) is 5.75 Å². The van der Waals surface area contributed by atoms with Crippen LogP contribution < -0.4 is 10.1 Å². The fraction of sp³-hybridized carbons (Fsp3) is 0.412. The molecule has 0 atom stereocenters. The van der Waals surface area contributed by atoms with Crippen LogP contribution in [0, 0.1) is 13.8 Å². The zero-order valence-corrected chi connectivity index (χ0v) is 12.1. The van der Waals surface area contributed by atoms with Crippen LogP contribution in [0.1, 0.15) is 35.3 Å². The van der Waals surface area contributed by atoms with Gasteiger partial charge in [-0.1, -0.05) is 6.07 Å². The number of hydrogen-bond donors (Lipinski definition) is 1. The summed E-state index contributed by atoms with van der Waals surface area (Å²) in [5, 5.41) is 3.50. The SMILES string of the molecule is Cc1cc(C)cc(OCc2occc2CNC2CC2)c1. The van der Waals surface area contributed by atoms with E-state index in [1.54, 1.807) is 6.26 Å². The van der Waals surface area contributed by atoms with Gasteiger partial charge < -0.3 is 14.5 Å². The van der Waals surface area contributed by atoms with E-state index in [4.69, 9.17) is 9.15 Å². The maximum absolute atomic E-state index is 5.85. The van der Waals surface area contributed by atoms with Gasteiger partial charge in [0.05, 0.1) is 6.26 Å². The molecule has 0 aliphatic heterocycles. The van der Waals surface area contributed by atoms with E-state index in [9.17, 15) is 0 Å². The predicted octanol–water partition coefficient (Wildman–Crippen LogP) is 3.73. The third-order valence-electron chi connectivity index (χ3n) is 3.56. The Balaban J connectivity index is 1.61. The third kappa shape index (κ3) is 3.42. The summed E-state index contributed by atoms with van der Waals surface area (Å²) in [4.78, 5) is 0. The van der Waals surface area contributed by atoms with Crippen LogP contribution in [0.5, 0.6) is 5.75 Å². The number of ether oxygens (including phenoxy) is 1. The summed E-state index contributed by atoms with van der Waals surface area (Å²) in [5.74, 6) is 1.82. The molecule has 0 bridgehead atoms. The standard InChI is InChI=1S/C17H21NO2/c1-12-7-13(2)9-16(8-12)20-11-17-14(5-6-19-17)10-18-15-3-4-15/h5-9,15,18H,3-4,10-11H2,1-2H3. The first-order chi connectivity index (χ1) is 9.70. The second kappa shape index (κ2) is 5.71. The first-order valence-corrected chi connectivity index (χ1v) is 7.20. The minimum atomic E-state index is 0.484. The Morgan fingerprint density at radius 3 is 2.65 bits per heavy atom. The van der Waals surface area contributed by atoms with Gasteiger partial charge in [0.2, 0.25) is 0 Å². The molecular formula is C17H21NO2. The van der Waals surface area contributed by atoms with Crippen molar-refractivity contribution >= 4 is 0 Å². The molecule has 20 heavy (non-hydrogen) atoms. The van der Waals surface area contributed by atoms with Crippen molar-refractivity contribution in [3.63, 3.8) is 0 Å². The summed E-state index contributed by atoms with van der Waals surface area (Å²) in [6.45, 7) is 5.51. The van der Waals surface area contributed by atoms with E-state index >= 15 is 0 Å². The van der Waals surface area contributed by atoms with Crippen LogP contribution in [0.15, 0.2) is 34.9 Å². The maximum atomic E-state index is 5.85. The van der Waals surface area contributed by atoms with E-state index in [1.165, 1.54) is 29.5 Å². The average molecular weight is 271 g/mol. The number of nitrogens with one attached hydrogen (secondary N) is 1. The summed E-state index contributed by atoms with van der Waals surface area (Å²) in [6, 6.07) is 8.98. The molecule has 3 heteroatoms. The molecule has 1 saturated carbocycles. The van der Waals surface area contributed by atoms with Crippen LogP contribution in [-0.4, -0.2) is 6.04 Å². The lowest BCUT2D eigenvalue weighted by Gasteiger charge is -2.08. The summed E-state index contributed by atoms with van der Waals surface area (Å²) in [6.07, 6.45) is 4.34. The Hall–Kier alpha value is -1.74. The van der Waals surface area contributed by atoms with E-state index in [-0.39, 0.29) is 0 Å². The molecule has 0 saturated heterocycles. The largest absolute Gasteiger partial charge is 0.486 e. The molecule has 0 unspecified atom stereocenters. The van der Waals surface area contributed by atoms with Gasteiger partial charge >= 0.3 is 0 Å². The molecule has 0 radical (unpaired) electrons. The summed E-state index contributed by atoms with van der Waals surface area (Å²) in [7, 11) is 0. The Bertz CT molecular complexity index is 564. The van der Waals surface area contributed by atoms with Crippen LogP contribution in [-0.2, 0) is 13.2 Å². The van der Waals surface area contributed by atoms with Crippen LogP contribution >= 0.6 is 0 Å². The first-order valence-electron chi connectivity index (χ1n) is 7.20. The van der Waals surface area contributed by atoms with Gasteiger partial charge in [-0.2, -0.15) is 0 Å². The number of hydrogen-bond acceptors (Lipinski definition) is 3. The molecule has 1 aromatic heterocycles. The lowest BCUT2D eigenvalue weighted by atomic mass is 10.1. The normalized spacial score (nSPS) is 14.5. The molecule has 0 spiro atoms. The molecule has 1 aliphatic carbocycles.